The molecule has 1 saturated heterocycles. The Morgan fingerprint density at radius 2 is 2.36 bits per heavy atom. The Hall–Kier alpha value is -0.810. The number of amides is 2. The standard InChI is InChI=1S/C9H14N2O2S/c1-3-10-4-7(2)5-11-8(12)6-14-9(11)13/h10H,2-6H2,1H3. The van der Waals surface area contributed by atoms with Crippen LogP contribution in [0.1, 0.15) is 6.92 Å². The number of hydrogen-bond donors (Lipinski definition) is 1. The zero-order valence-corrected chi connectivity index (χ0v) is 9.02. The minimum absolute atomic E-state index is 0.113. The van der Waals surface area contributed by atoms with Crippen molar-refractivity contribution in [1.29, 1.82) is 0 Å². The van der Waals surface area contributed by atoms with Crippen LogP contribution in [0.5, 0.6) is 0 Å². The van der Waals surface area contributed by atoms with E-state index >= 15 is 0 Å². The molecular weight excluding hydrogens is 200 g/mol. The van der Waals surface area contributed by atoms with Crippen molar-refractivity contribution in [2.24, 2.45) is 0 Å². The second kappa shape index (κ2) is 5.17. The van der Waals surface area contributed by atoms with Crippen molar-refractivity contribution in [3.63, 3.8) is 0 Å². The molecular formula is C9H14N2O2S. The van der Waals surface area contributed by atoms with E-state index < -0.39 is 0 Å². The topological polar surface area (TPSA) is 49.4 Å². The molecule has 2 amide bonds. The number of nitrogens with zero attached hydrogens (tertiary/aromatic N) is 1. The number of thioether (sulfide) groups is 1. The van der Waals surface area contributed by atoms with Crippen LogP contribution in [0.15, 0.2) is 12.2 Å². The van der Waals surface area contributed by atoms with Crippen LogP contribution in [0.2, 0.25) is 0 Å². The summed E-state index contributed by atoms with van der Waals surface area (Å²) in [4.78, 5) is 23.7. The van der Waals surface area contributed by atoms with Gasteiger partial charge in [0.25, 0.3) is 5.24 Å². The summed E-state index contributed by atoms with van der Waals surface area (Å²) in [6, 6.07) is 0. The summed E-state index contributed by atoms with van der Waals surface area (Å²) in [6.07, 6.45) is 0. The predicted molar refractivity (Wildman–Crippen MR) is 57.3 cm³/mol. The Labute approximate surface area is 87.7 Å². The molecule has 0 radical (unpaired) electrons. The van der Waals surface area contributed by atoms with Gasteiger partial charge in [0.05, 0.1) is 12.3 Å². The van der Waals surface area contributed by atoms with Crippen LogP contribution in [-0.2, 0) is 4.79 Å². The summed E-state index contributed by atoms with van der Waals surface area (Å²) in [6.45, 7) is 7.65. The zero-order valence-electron chi connectivity index (χ0n) is 8.21. The highest BCUT2D eigenvalue weighted by atomic mass is 32.2. The molecule has 0 aromatic carbocycles. The Bertz CT molecular complexity index is 250. The summed E-state index contributed by atoms with van der Waals surface area (Å²) in [5.41, 5.74) is 0.857. The van der Waals surface area contributed by atoms with E-state index in [4.69, 9.17) is 0 Å². The average Bonchev–Trinajstić information content (AvgIpc) is 2.46. The van der Waals surface area contributed by atoms with Crippen LogP contribution in [0.3, 0.4) is 0 Å². The minimum atomic E-state index is -0.160. The van der Waals surface area contributed by atoms with Crippen molar-refractivity contribution in [2.75, 3.05) is 25.4 Å². The number of carbonyl (C=O) groups is 2. The van der Waals surface area contributed by atoms with Gasteiger partial charge in [-0.15, -0.1) is 0 Å². The fraction of sp³-hybridized carbons (Fsp3) is 0.556. The highest BCUT2D eigenvalue weighted by molar-refractivity contribution is 8.14. The van der Waals surface area contributed by atoms with Crippen molar-refractivity contribution < 1.29 is 9.59 Å². The summed E-state index contributed by atoms with van der Waals surface area (Å²) in [5.74, 6) is 0.158. The van der Waals surface area contributed by atoms with E-state index in [-0.39, 0.29) is 16.9 Å². The Balaban J connectivity index is 2.39. The Morgan fingerprint density at radius 3 is 2.86 bits per heavy atom. The number of imide groups is 1. The maximum absolute atomic E-state index is 11.2. The van der Waals surface area contributed by atoms with Gasteiger partial charge in [-0.25, -0.2) is 0 Å². The van der Waals surface area contributed by atoms with Crippen LogP contribution in [-0.4, -0.2) is 41.4 Å². The van der Waals surface area contributed by atoms with E-state index in [1.54, 1.807) is 0 Å². The molecule has 0 bridgehead atoms. The summed E-state index contributed by atoms with van der Waals surface area (Å²) in [7, 11) is 0. The number of rotatable bonds is 5. The highest BCUT2D eigenvalue weighted by Gasteiger charge is 2.29. The maximum Gasteiger partial charge on any atom is 0.289 e. The van der Waals surface area contributed by atoms with Crippen molar-refractivity contribution in [1.82, 2.24) is 10.2 Å². The first-order valence-corrected chi connectivity index (χ1v) is 5.48. The van der Waals surface area contributed by atoms with Gasteiger partial charge < -0.3 is 5.32 Å². The molecule has 14 heavy (non-hydrogen) atoms. The first-order valence-electron chi connectivity index (χ1n) is 4.49. The molecule has 0 spiro atoms. The summed E-state index contributed by atoms with van der Waals surface area (Å²) < 4.78 is 0. The molecule has 1 aliphatic rings. The van der Waals surface area contributed by atoms with Gasteiger partial charge in [0.1, 0.15) is 0 Å². The zero-order chi connectivity index (χ0) is 10.6. The third kappa shape index (κ3) is 2.85. The van der Waals surface area contributed by atoms with Gasteiger partial charge in [-0.2, -0.15) is 0 Å². The SMILES string of the molecule is C=C(CNCC)CN1C(=O)CSC1=O. The molecule has 1 heterocycles. The van der Waals surface area contributed by atoms with Gasteiger partial charge in [-0.05, 0) is 12.1 Å². The molecule has 1 rings (SSSR count). The molecule has 1 N–H and O–H groups in total. The van der Waals surface area contributed by atoms with Crippen molar-refractivity contribution in [3.05, 3.63) is 12.2 Å². The van der Waals surface area contributed by atoms with E-state index in [0.717, 1.165) is 23.9 Å². The molecule has 1 fully saturated rings. The van der Waals surface area contributed by atoms with Gasteiger partial charge in [0, 0.05) is 6.54 Å². The van der Waals surface area contributed by atoms with Gasteiger partial charge >= 0.3 is 0 Å². The lowest BCUT2D eigenvalue weighted by Crippen LogP contribution is -2.32. The lowest BCUT2D eigenvalue weighted by atomic mass is 10.3. The third-order valence-corrected chi connectivity index (χ3v) is 2.71. The first-order chi connectivity index (χ1) is 6.65. The van der Waals surface area contributed by atoms with Gasteiger partial charge in [-0.1, -0.05) is 25.3 Å². The Morgan fingerprint density at radius 1 is 1.64 bits per heavy atom. The summed E-state index contributed by atoms with van der Waals surface area (Å²) in [5, 5.41) is 2.94. The van der Waals surface area contributed by atoms with Crippen molar-refractivity contribution in [3.8, 4) is 0 Å². The summed E-state index contributed by atoms with van der Waals surface area (Å²) >= 11 is 1.06. The van der Waals surface area contributed by atoms with E-state index in [1.807, 2.05) is 6.92 Å². The van der Waals surface area contributed by atoms with Crippen LogP contribution < -0.4 is 5.32 Å². The molecule has 0 saturated carbocycles. The van der Waals surface area contributed by atoms with Crippen LogP contribution in [0.25, 0.3) is 0 Å². The van der Waals surface area contributed by atoms with Crippen LogP contribution >= 0.6 is 11.8 Å². The maximum atomic E-state index is 11.2. The molecule has 0 aliphatic carbocycles. The molecule has 0 aromatic heterocycles. The van der Waals surface area contributed by atoms with Gasteiger partial charge in [0.2, 0.25) is 5.91 Å². The molecule has 0 atom stereocenters. The van der Waals surface area contributed by atoms with Gasteiger partial charge in [-0.3, -0.25) is 14.5 Å². The lowest BCUT2D eigenvalue weighted by Gasteiger charge is -2.14. The molecule has 78 valence electrons. The lowest BCUT2D eigenvalue weighted by molar-refractivity contribution is -0.124. The van der Waals surface area contributed by atoms with E-state index in [9.17, 15) is 9.59 Å². The molecule has 0 aromatic rings. The van der Waals surface area contributed by atoms with Crippen LogP contribution in [0, 0.1) is 0 Å². The molecule has 4 nitrogen and oxygen atoms in total. The number of carbonyl (C=O) groups excluding carboxylic acids is 2. The second-order valence-corrected chi connectivity index (χ2v) is 3.99. The fourth-order valence-corrected chi connectivity index (χ4v) is 1.84. The van der Waals surface area contributed by atoms with Gasteiger partial charge in [0.15, 0.2) is 0 Å². The fourth-order valence-electron chi connectivity index (χ4n) is 1.12. The quantitative estimate of drug-likeness (QED) is 0.689. The monoisotopic (exact) mass is 214 g/mol. The molecule has 0 unspecified atom stereocenters. The van der Waals surface area contributed by atoms with Crippen LogP contribution in [0.4, 0.5) is 4.79 Å². The van der Waals surface area contributed by atoms with E-state index in [0.29, 0.717) is 13.1 Å². The second-order valence-electron chi connectivity index (χ2n) is 3.06. The minimum Gasteiger partial charge on any atom is -0.313 e. The highest BCUT2D eigenvalue weighted by Crippen LogP contribution is 2.19. The largest absolute Gasteiger partial charge is 0.313 e. The number of nitrogens with one attached hydrogen (secondary N) is 1. The van der Waals surface area contributed by atoms with Crippen molar-refractivity contribution in [2.45, 2.75) is 6.92 Å². The Kier molecular flexibility index (Phi) is 4.16. The number of hydrogen-bond acceptors (Lipinski definition) is 4. The van der Waals surface area contributed by atoms with E-state index in [2.05, 4.69) is 11.9 Å². The normalized spacial score (nSPS) is 16.5. The molecule has 5 heteroatoms. The number of likely N-dealkylation sites (N-methyl/N-ethyl adjacent to an activating group) is 1. The average molecular weight is 214 g/mol. The smallest absolute Gasteiger partial charge is 0.289 e. The van der Waals surface area contributed by atoms with Crippen molar-refractivity contribution >= 4 is 22.9 Å². The predicted octanol–water partition coefficient (Wildman–Crippen LogP) is 0.847. The molecule has 1 aliphatic heterocycles. The third-order valence-electron chi connectivity index (χ3n) is 1.85. The first kappa shape index (κ1) is 11.3. The van der Waals surface area contributed by atoms with E-state index in [1.165, 1.54) is 4.90 Å².